The molecule has 4 nitrogen and oxygen atoms in total. The molecule has 0 aromatic heterocycles. The fourth-order valence-corrected chi connectivity index (χ4v) is 1.54. The first-order valence-electron chi connectivity index (χ1n) is 6.43. The van der Waals surface area contributed by atoms with Gasteiger partial charge in [0.25, 0.3) is 0 Å². The van der Waals surface area contributed by atoms with Crippen molar-refractivity contribution in [2.24, 2.45) is 5.73 Å². The number of hydrogen-bond donors (Lipinski definition) is 2. The lowest BCUT2D eigenvalue weighted by molar-refractivity contribution is -0.118. The largest absolute Gasteiger partial charge is 0.494 e. The lowest BCUT2D eigenvalue weighted by Crippen LogP contribution is -2.18. The monoisotopic (exact) mass is 250 g/mol. The molecule has 0 aliphatic rings. The van der Waals surface area contributed by atoms with Gasteiger partial charge in [-0.25, -0.2) is 0 Å². The Hall–Kier alpha value is -1.55. The number of ether oxygens (including phenoxy) is 1. The molecule has 1 aromatic rings. The maximum atomic E-state index is 10.5. The summed E-state index contributed by atoms with van der Waals surface area (Å²) in [6.07, 6.45) is 2.24. The van der Waals surface area contributed by atoms with Crippen LogP contribution in [0.4, 0.5) is 0 Å². The van der Waals surface area contributed by atoms with Crippen LogP contribution in [-0.2, 0) is 11.3 Å². The highest BCUT2D eigenvalue weighted by molar-refractivity contribution is 5.73. The van der Waals surface area contributed by atoms with Gasteiger partial charge in [-0.3, -0.25) is 4.79 Å². The van der Waals surface area contributed by atoms with E-state index in [0.29, 0.717) is 6.42 Å². The third kappa shape index (κ3) is 6.25. The van der Waals surface area contributed by atoms with E-state index in [4.69, 9.17) is 10.5 Å². The lowest BCUT2D eigenvalue weighted by atomic mass is 10.2. The van der Waals surface area contributed by atoms with E-state index in [1.54, 1.807) is 0 Å². The number of carbonyl (C=O) groups excluding carboxylic acids is 1. The summed E-state index contributed by atoms with van der Waals surface area (Å²) < 4.78 is 5.51. The third-order valence-corrected chi connectivity index (χ3v) is 2.50. The SMILES string of the molecule is CCCOc1ccc(CNCCCC(N)=O)cc1. The molecular weight excluding hydrogens is 228 g/mol. The first-order valence-corrected chi connectivity index (χ1v) is 6.43. The Kier molecular flexibility index (Phi) is 6.87. The molecule has 0 bridgehead atoms. The van der Waals surface area contributed by atoms with E-state index in [9.17, 15) is 4.79 Å². The van der Waals surface area contributed by atoms with Gasteiger partial charge in [-0.2, -0.15) is 0 Å². The zero-order valence-electron chi connectivity index (χ0n) is 10.9. The van der Waals surface area contributed by atoms with Gasteiger partial charge in [0.05, 0.1) is 6.61 Å². The number of amides is 1. The van der Waals surface area contributed by atoms with Gasteiger partial charge >= 0.3 is 0 Å². The van der Waals surface area contributed by atoms with Gasteiger partial charge in [-0.15, -0.1) is 0 Å². The molecule has 4 heteroatoms. The van der Waals surface area contributed by atoms with E-state index in [2.05, 4.69) is 12.2 Å². The maximum absolute atomic E-state index is 10.5. The predicted molar refractivity (Wildman–Crippen MR) is 72.4 cm³/mol. The second-order valence-corrected chi connectivity index (χ2v) is 4.24. The van der Waals surface area contributed by atoms with Gasteiger partial charge in [-0.1, -0.05) is 19.1 Å². The van der Waals surface area contributed by atoms with Crippen molar-refractivity contribution in [1.29, 1.82) is 0 Å². The molecule has 0 fully saturated rings. The molecule has 1 amide bonds. The summed E-state index contributed by atoms with van der Waals surface area (Å²) in [7, 11) is 0. The smallest absolute Gasteiger partial charge is 0.217 e. The highest BCUT2D eigenvalue weighted by atomic mass is 16.5. The van der Waals surface area contributed by atoms with E-state index < -0.39 is 0 Å². The number of nitrogens with one attached hydrogen (secondary N) is 1. The number of benzene rings is 1. The van der Waals surface area contributed by atoms with Crippen LogP contribution < -0.4 is 15.8 Å². The molecular formula is C14H22N2O2. The van der Waals surface area contributed by atoms with Crippen LogP contribution in [0.2, 0.25) is 0 Å². The quantitative estimate of drug-likeness (QED) is 0.657. The number of primary amides is 1. The molecule has 1 rings (SSSR count). The summed E-state index contributed by atoms with van der Waals surface area (Å²) in [6, 6.07) is 8.06. The molecule has 1 aromatic carbocycles. The Morgan fingerprint density at radius 1 is 1.33 bits per heavy atom. The summed E-state index contributed by atoms with van der Waals surface area (Å²) >= 11 is 0. The van der Waals surface area contributed by atoms with E-state index in [1.165, 1.54) is 5.56 Å². The molecule has 0 atom stereocenters. The molecule has 0 radical (unpaired) electrons. The average Bonchev–Trinajstić information content (AvgIpc) is 2.37. The molecule has 0 saturated carbocycles. The zero-order chi connectivity index (χ0) is 13.2. The number of hydrogen-bond acceptors (Lipinski definition) is 3. The number of rotatable bonds is 9. The van der Waals surface area contributed by atoms with Gasteiger partial charge in [-0.05, 0) is 37.1 Å². The summed E-state index contributed by atoms with van der Waals surface area (Å²) in [5, 5.41) is 3.27. The van der Waals surface area contributed by atoms with Crippen molar-refractivity contribution in [2.75, 3.05) is 13.2 Å². The van der Waals surface area contributed by atoms with Gasteiger partial charge in [0, 0.05) is 13.0 Å². The number of nitrogens with two attached hydrogens (primary N) is 1. The van der Waals surface area contributed by atoms with Gasteiger partial charge < -0.3 is 15.8 Å². The van der Waals surface area contributed by atoms with E-state index in [0.717, 1.165) is 38.3 Å². The Labute approximate surface area is 109 Å². The molecule has 0 aliphatic carbocycles. The van der Waals surface area contributed by atoms with E-state index in [1.807, 2.05) is 24.3 Å². The molecule has 3 N–H and O–H groups in total. The summed E-state index contributed by atoms with van der Waals surface area (Å²) in [6.45, 7) is 4.44. The van der Waals surface area contributed by atoms with Crippen molar-refractivity contribution in [3.05, 3.63) is 29.8 Å². The Morgan fingerprint density at radius 2 is 2.06 bits per heavy atom. The fourth-order valence-electron chi connectivity index (χ4n) is 1.54. The first kappa shape index (κ1) is 14.5. The minimum Gasteiger partial charge on any atom is -0.494 e. The van der Waals surface area contributed by atoms with Crippen LogP contribution in [0.15, 0.2) is 24.3 Å². The van der Waals surface area contributed by atoms with Crippen LogP contribution in [0, 0.1) is 0 Å². The minimum atomic E-state index is -0.241. The van der Waals surface area contributed by atoms with Crippen molar-refractivity contribution in [3.63, 3.8) is 0 Å². The Morgan fingerprint density at radius 3 is 2.67 bits per heavy atom. The van der Waals surface area contributed by atoms with Crippen molar-refractivity contribution in [1.82, 2.24) is 5.32 Å². The van der Waals surface area contributed by atoms with Crippen LogP contribution in [0.1, 0.15) is 31.7 Å². The Bertz CT molecular complexity index is 349. The number of carbonyl (C=O) groups is 1. The topological polar surface area (TPSA) is 64.3 Å². The standard InChI is InChI=1S/C14H22N2O2/c1-2-10-18-13-7-5-12(6-8-13)11-16-9-3-4-14(15)17/h5-8,16H,2-4,9-11H2,1H3,(H2,15,17). The normalized spacial score (nSPS) is 10.3. The maximum Gasteiger partial charge on any atom is 0.217 e. The average molecular weight is 250 g/mol. The highest BCUT2D eigenvalue weighted by Gasteiger charge is 1.96. The molecule has 18 heavy (non-hydrogen) atoms. The molecule has 0 aliphatic heterocycles. The second-order valence-electron chi connectivity index (χ2n) is 4.24. The highest BCUT2D eigenvalue weighted by Crippen LogP contribution is 2.12. The van der Waals surface area contributed by atoms with Crippen molar-refractivity contribution in [2.45, 2.75) is 32.7 Å². The van der Waals surface area contributed by atoms with Crippen LogP contribution in [0.5, 0.6) is 5.75 Å². The van der Waals surface area contributed by atoms with Crippen molar-refractivity contribution < 1.29 is 9.53 Å². The minimum absolute atomic E-state index is 0.241. The third-order valence-electron chi connectivity index (χ3n) is 2.50. The predicted octanol–water partition coefficient (Wildman–Crippen LogP) is 1.83. The van der Waals surface area contributed by atoms with Crippen molar-refractivity contribution >= 4 is 5.91 Å². The van der Waals surface area contributed by atoms with Crippen LogP contribution in [0.25, 0.3) is 0 Å². The van der Waals surface area contributed by atoms with Crippen LogP contribution in [0.3, 0.4) is 0 Å². The summed E-state index contributed by atoms with van der Waals surface area (Å²) in [4.78, 5) is 10.5. The van der Waals surface area contributed by atoms with E-state index >= 15 is 0 Å². The molecule has 100 valence electrons. The summed E-state index contributed by atoms with van der Waals surface area (Å²) in [5.74, 6) is 0.670. The lowest BCUT2D eigenvalue weighted by Gasteiger charge is -2.07. The van der Waals surface area contributed by atoms with Crippen LogP contribution in [-0.4, -0.2) is 19.1 Å². The van der Waals surface area contributed by atoms with Crippen LogP contribution >= 0.6 is 0 Å². The van der Waals surface area contributed by atoms with Gasteiger partial charge in [0.15, 0.2) is 0 Å². The zero-order valence-corrected chi connectivity index (χ0v) is 10.9. The van der Waals surface area contributed by atoms with Gasteiger partial charge in [0.1, 0.15) is 5.75 Å². The molecule has 0 saturated heterocycles. The molecule has 0 heterocycles. The first-order chi connectivity index (χ1) is 8.72. The second kappa shape index (κ2) is 8.53. The molecule has 0 unspecified atom stereocenters. The molecule has 0 spiro atoms. The van der Waals surface area contributed by atoms with Crippen molar-refractivity contribution in [3.8, 4) is 5.75 Å². The Balaban J connectivity index is 2.20. The van der Waals surface area contributed by atoms with Gasteiger partial charge in [0.2, 0.25) is 5.91 Å². The van der Waals surface area contributed by atoms with E-state index in [-0.39, 0.29) is 5.91 Å². The fraction of sp³-hybridized carbons (Fsp3) is 0.500. The summed E-state index contributed by atoms with van der Waals surface area (Å²) in [5.41, 5.74) is 6.27.